The van der Waals surface area contributed by atoms with Crippen molar-refractivity contribution < 1.29 is 14.3 Å². The second-order valence-corrected chi connectivity index (χ2v) is 7.17. The minimum atomic E-state index is -0.393. The van der Waals surface area contributed by atoms with Crippen molar-refractivity contribution in [2.75, 3.05) is 11.9 Å². The highest BCUT2D eigenvalue weighted by Crippen LogP contribution is 2.36. The first-order valence-electron chi connectivity index (χ1n) is 8.67. The number of hydrogen-bond donors (Lipinski definition) is 1. The largest absolute Gasteiger partial charge is 0.462 e. The van der Waals surface area contributed by atoms with Crippen LogP contribution < -0.4 is 5.32 Å². The minimum Gasteiger partial charge on any atom is -0.462 e. The average molecular weight is 367 g/mol. The highest BCUT2D eigenvalue weighted by atomic mass is 32.1. The SMILES string of the molecule is CCCCOC(=O)c1c(NC(=O)c2cccc(C)c2)sc2ccccc12. The molecule has 0 aliphatic rings. The van der Waals surface area contributed by atoms with Crippen LogP contribution in [0.5, 0.6) is 0 Å². The van der Waals surface area contributed by atoms with Gasteiger partial charge in [-0.25, -0.2) is 4.79 Å². The lowest BCUT2D eigenvalue weighted by Gasteiger charge is -2.08. The lowest BCUT2D eigenvalue weighted by molar-refractivity contribution is 0.0503. The van der Waals surface area contributed by atoms with Crippen molar-refractivity contribution in [3.63, 3.8) is 0 Å². The van der Waals surface area contributed by atoms with Gasteiger partial charge in [-0.3, -0.25) is 4.79 Å². The van der Waals surface area contributed by atoms with Crippen molar-refractivity contribution in [2.45, 2.75) is 26.7 Å². The number of esters is 1. The van der Waals surface area contributed by atoms with Gasteiger partial charge in [0.05, 0.1) is 6.61 Å². The van der Waals surface area contributed by atoms with Gasteiger partial charge in [0.25, 0.3) is 5.91 Å². The van der Waals surface area contributed by atoms with Gasteiger partial charge in [-0.05, 0) is 31.5 Å². The van der Waals surface area contributed by atoms with Crippen LogP contribution in [0.3, 0.4) is 0 Å². The fraction of sp³-hybridized carbons (Fsp3) is 0.238. The minimum absolute atomic E-state index is 0.233. The average Bonchev–Trinajstić information content (AvgIpc) is 2.99. The van der Waals surface area contributed by atoms with Crippen LogP contribution in [0.15, 0.2) is 48.5 Å². The number of fused-ring (bicyclic) bond motifs is 1. The summed E-state index contributed by atoms with van der Waals surface area (Å²) >= 11 is 1.39. The molecule has 26 heavy (non-hydrogen) atoms. The van der Waals surface area contributed by atoms with E-state index in [4.69, 9.17) is 4.74 Å². The molecular weight excluding hydrogens is 346 g/mol. The van der Waals surface area contributed by atoms with Crippen molar-refractivity contribution in [3.8, 4) is 0 Å². The number of carbonyl (C=O) groups is 2. The topological polar surface area (TPSA) is 55.4 Å². The molecule has 4 nitrogen and oxygen atoms in total. The molecular formula is C21H21NO3S. The molecule has 0 atom stereocenters. The predicted octanol–water partition coefficient (Wildman–Crippen LogP) is 5.42. The van der Waals surface area contributed by atoms with Gasteiger partial charge in [0.15, 0.2) is 0 Å². The molecule has 0 bridgehead atoms. The standard InChI is InChI=1S/C21H21NO3S/c1-3-4-12-25-21(24)18-16-10-5-6-11-17(16)26-20(18)22-19(23)15-9-7-8-14(2)13-15/h5-11,13H,3-4,12H2,1-2H3,(H,22,23). The number of rotatable bonds is 6. The van der Waals surface area contributed by atoms with E-state index in [9.17, 15) is 9.59 Å². The van der Waals surface area contributed by atoms with Crippen LogP contribution in [0.1, 0.15) is 46.0 Å². The third-order valence-corrected chi connectivity index (χ3v) is 5.12. The van der Waals surface area contributed by atoms with E-state index in [0.29, 0.717) is 22.7 Å². The van der Waals surface area contributed by atoms with Crippen LogP contribution in [-0.2, 0) is 4.74 Å². The van der Waals surface area contributed by atoms with Crippen LogP contribution in [0.2, 0.25) is 0 Å². The summed E-state index contributed by atoms with van der Waals surface area (Å²) in [4.78, 5) is 25.2. The Bertz CT molecular complexity index is 945. The van der Waals surface area contributed by atoms with Gasteiger partial charge in [0.1, 0.15) is 10.6 Å². The molecule has 3 rings (SSSR count). The number of nitrogens with one attached hydrogen (secondary N) is 1. The Balaban J connectivity index is 1.93. The van der Waals surface area contributed by atoms with E-state index >= 15 is 0 Å². The van der Waals surface area contributed by atoms with Gasteiger partial charge in [-0.15, -0.1) is 11.3 Å². The van der Waals surface area contributed by atoms with E-state index in [2.05, 4.69) is 5.32 Å². The zero-order valence-corrected chi connectivity index (χ0v) is 15.7. The molecule has 0 aliphatic carbocycles. The third-order valence-electron chi connectivity index (χ3n) is 4.04. The Kier molecular flexibility index (Phi) is 5.68. The zero-order valence-electron chi connectivity index (χ0n) is 14.9. The molecule has 0 unspecified atom stereocenters. The van der Waals surface area contributed by atoms with Crippen LogP contribution in [-0.4, -0.2) is 18.5 Å². The third kappa shape index (κ3) is 3.94. The molecule has 1 aromatic heterocycles. The maximum Gasteiger partial charge on any atom is 0.341 e. The summed E-state index contributed by atoms with van der Waals surface area (Å²) in [5.41, 5.74) is 2.00. The number of carbonyl (C=O) groups excluding carboxylic acids is 2. The smallest absolute Gasteiger partial charge is 0.341 e. The molecule has 0 saturated heterocycles. The number of anilines is 1. The first-order valence-corrected chi connectivity index (χ1v) is 9.48. The van der Waals surface area contributed by atoms with Gasteiger partial charge in [-0.1, -0.05) is 49.2 Å². The molecule has 0 saturated carbocycles. The van der Waals surface area contributed by atoms with Gasteiger partial charge in [0, 0.05) is 15.6 Å². The number of unbranched alkanes of at least 4 members (excludes halogenated alkanes) is 1. The molecule has 1 N–H and O–H groups in total. The number of benzene rings is 2. The van der Waals surface area contributed by atoms with Crippen LogP contribution >= 0.6 is 11.3 Å². The summed E-state index contributed by atoms with van der Waals surface area (Å²) < 4.78 is 6.34. The summed E-state index contributed by atoms with van der Waals surface area (Å²) in [6.45, 7) is 4.36. The summed E-state index contributed by atoms with van der Waals surface area (Å²) in [7, 11) is 0. The van der Waals surface area contributed by atoms with Crippen LogP contribution in [0.25, 0.3) is 10.1 Å². The van der Waals surface area contributed by atoms with E-state index in [0.717, 1.165) is 28.5 Å². The number of hydrogen-bond acceptors (Lipinski definition) is 4. The van der Waals surface area contributed by atoms with Gasteiger partial charge >= 0.3 is 5.97 Å². The lowest BCUT2D eigenvalue weighted by Crippen LogP contribution is -2.14. The van der Waals surface area contributed by atoms with Crippen molar-refractivity contribution in [3.05, 3.63) is 65.2 Å². The fourth-order valence-electron chi connectivity index (χ4n) is 2.68. The molecule has 1 heterocycles. The van der Waals surface area contributed by atoms with Gasteiger partial charge < -0.3 is 10.1 Å². The summed E-state index contributed by atoms with van der Waals surface area (Å²) in [5, 5.41) is 4.22. The van der Waals surface area contributed by atoms with Gasteiger partial charge in [0.2, 0.25) is 0 Å². The quantitative estimate of drug-likeness (QED) is 0.467. The van der Waals surface area contributed by atoms with Gasteiger partial charge in [-0.2, -0.15) is 0 Å². The molecule has 0 aliphatic heterocycles. The number of thiophene rings is 1. The number of ether oxygens (including phenoxy) is 1. The van der Waals surface area contributed by atoms with Crippen molar-refractivity contribution in [1.29, 1.82) is 0 Å². The highest BCUT2D eigenvalue weighted by molar-refractivity contribution is 7.23. The van der Waals surface area contributed by atoms with Crippen molar-refractivity contribution in [1.82, 2.24) is 0 Å². The molecule has 0 spiro atoms. The monoisotopic (exact) mass is 367 g/mol. The molecule has 1 amide bonds. The summed E-state index contributed by atoms with van der Waals surface area (Å²) in [6.07, 6.45) is 1.77. The summed E-state index contributed by atoms with van der Waals surface area (Å²) in [5.74, 6) is -0.627. The molecule has 134 valence electrons. The molecule has 3 aromatic rings. The normalized spacial score (nSPS) is 10.7. The molecule has 2 aromatic carbocycles. The lowest BCUT2D eigenvalue weighted by atomic mass is 10.1. The maximum absolute atomic E-state index is 12.6. The molecule has 0 radical (unpaired) electrons. The Labute approximate surface area is 156 Å². The second-order valence-electron chi connectivity index (χ2n) is 6.12. The number of amides is 1. The van der Waals surface area contributed by atoms with E-state index in [-0.39, 0.29) is 5.91 Å². The summed E-state index contributed by atoms with van der Waals surface area (Å²) in [6, 6.07) is 15.0. The predicted molar refractivity (Wildman–Crippen MR) is 106 cm³/mol. The van der Waals surface area contributed by atoms with Crippen LogP contribution in [0, 0.1) is 6.92 Å². The van der Waals surface area contributed by atoms with E-state index in [1.165, 1.54) is 11.3 Å². The first kappa shape index (κ1) is 18.1. The maximum atomic E-state index is 12.6. The zero-order chi connectivity index (χ0) is 18.5. The van der Waals surface area contributed by atoms with E-state index < -0.39 is 5.97 Å². The van der Waals surface area contributed by atoms with Crippen molar-refractivity contribution in [2.24, 2.45) is 0 Å². The molecule has 0 fully saturated rings. The number of aryl methyl sites for hydroxylation is 1. The Morgan fingerprint density at radius 3 is 2.69 bits per heavy atom. The Hall–Kier alpha value is -2.66. The van der Waals surface area contributed by atoms with E-state index in [1.54, 1.807) is 6.07 Å². The second kappa shape index (κ2) is 8.15. The highest BCUT2D eigenvalue weighted by Gasteiger charge is 2.22. The fourth-order valence-corrected chi connectivity index (χ4v) is 3.76. The van der Waals surface area contributed by atoms with Crippen LogP contribution in [0.4, 0.5) is 5.00 Å². The van der Waals surface area contributed by atoms with E-state index in [1.807, 2.05) is 56.3 Å². The molecule has 5 heteroatoms. The Morgan fingerprint density at radius 1 is 1.12 bits per heavy atom. The first-order chi connectivity index (χ1) is 12.6. The van der Waals surface area contributed by atoms with Crippen molar-refractivity contribution >= 4 is 38.3 Å². The Morgan fingerprint density at radius 2 is 1.92 bits per heavy atom.